The SMILES string of the molecule is CC(C)(C)[Si](C)(C)O[C@@H]1CO[C@@H](c2ccccc2)O[C@H]1CCI. The third kappa shape index (κ3) is 5.01. The molecule has 1 aliphatic rings. The van der Waals surface area contributed by atoms with Crippen LogP contribution in [0.4, 0.5) is 0 Å². The van der Waals surface area contributed by atoms with Crippen LogP contribution in [0.25, 0.3) is 0 Å². The van der Waals surface area contributed by atoms with Crippen molar-refractivity contribution in [1.82, 2.24) is 0 Å². The van der Waals surface area contributed by atoms with E-state index in [1.807, 2.05) is 18.2 Å². The molecule has 1 fully saturated rings. The molecular weight excluding hydrogens is 419 g/mol. The van der Waals surface area contributed by atoms with E-state index in [0.29, 0.717) is 6.61 Å². The quantitative estimate of drug-likeness (QED) is 0.347. The van der Waals surface area contributed by atoms with E-state index < -0.39 is 8.32 Å². The fourth-order valence-electron chi connectivity index (χ4n) is 2.39. The van der Waals surface area contributed by atoms with Gasteiger partial charge in [0.05, 0.1) is 18.8 Å². The number of rotatable bonds is 5. The van der Waals surface area contributed by atoms with Crippen molar-refractivity contribution in [3.8, 4) is 0 Å². The van der Waals surface area contributed by atoms with Gasteiger partial charge in [-0.1, -0.05) is 73.7 Å². The summed E-state index contributed by atoms with van der Waals surface area (Å²) in [4.78, 5) is 0. The maximum atomic E-state index is 6.58. The molecule has 1 heterocycles. The molecule has 1 aromatic carbocycles. The summed E-state index contributed by atoms with van der Waals surface area (Å²) in [6.45, 7) is 12.0. The summed E-state index contributed by atoms with van der Waals surface area (Å²) < 4.78 is 19.9. The third-order valence-corrected chi connectivity index (χ3v) is 9.97. The highest BCUT2D eigenvalue weighted by atomic mass is 127. The van der Waals surface area contributed by atoms with E-state index in [9.17, 15) is 0 Å². The lowest BCUT2D eigenvalue weighted by Crippen LogP contribution is -2.51. The maximum Gasteiger partial charge on any atom is 0.192 e. The van der Waals surface area contributed by atoms with Gasteiger partial charge in [-0.15, -0.1) is 0 Å². The number of halogens is 1. The van der Waals surface area contributed by atoms with Gasteiger partial charge in [-0.2, -0.15) is 0 Å². The van der Waals surface area contributed by atoms with E-state index in [0.717, 1.165) is 16.4 Å². The summed E-state index contributed by atoms with van der Waals surface area (Å²) >= 11 is 2.41. The van der Waals surface area contributed by atoms with Gasteiger partial charge in [-0.3, -0.25) is 0 Å². The molecule has 0 N–H and O–H groups in total. The van der Waals surface area contributed by atoms with Gasteiger partial charge in [-0.05, 0) is 24.6 Å². The smallest absolute Gasteiger partial charge is 0.192 e. The Morgan fingerprint density at radius 2 is 1.87 bits per heavy atom. The first-order chi connectivity index (χ1) is 10.7. The Morgan fingerprint density at radius 1 is 1.22 bits per heavy atom. The minimum atomic E-state index is -1.83. The highest BCUT2D eigenvalue weighted by molar-refractivity contribution is 14.1. The van der Waals surface area contributed by atoms with Crippen molar-refractivity contribution in [2.75, 3.05) is 11.0 Å². The zero-order valence-electron chi connectivity index (χ0n) is 14.8. The highest BCUT2D eigenvalue weighted by Gasteiger charge is 2.43. The van der Waals surface area contributed by atoms with Gasteiger partial charge in [0.1, 0.15) is 0 Å². The molecule has 2 rings (SSSR count). The minimum Gasteiger partial charge on any atom is -0.409 e. The second-order valence-electron chi connectivity index (χ2n) is 7.64. The molecule has 0 saturated carbocycles. The van der Waals surface area contributed by atoms with Gasteiger partial charge in [0.25, 0.3) is 0 Å². The lowest BCUT2D eigenvalue weighted by Gasteiger charge is -2.44. The zero-order chi connectivity index (χ0) is 17.1. The van der Waals surface area contributed by atoms with Crippen molar-refractivity contribution in [2.45, 2.75) is 63.8 Å². The summed E-state index contributed by atoms with van der Waals surface area (Å²) in [5, 5.41) is 0.193. The van der Waals surface area contributed by atoms with Crippen LogP contribution in [0.2, 0.25) is 18.1 Å². The fourth-order valence-corrected chi connectivity index (χ4v) is 4.33. The Labute approximate surface area is 155 Å². The topological polar surface area (TPSA) is 27.7 Å². The maximum absolute atomic E-state index is 6.58. The Morgan fingerprint density at radius 3 is 2.43 bits per heavy atom. The normalized spacial score (nSPS) is 26.3. The lowest BCUT2D eigenvalue weighted by molar-refractivity contribution is -0.253. The largest absolute Gasteiger partial charge is 0.409 e. The van der Waals surface area contributed by atoms with E-state index in [1.54, 1.807) is 0 Å². The first-order valence-electron chi connectivity index (χ1n) is 8.30. The van der Waals surface area contributed by atoms with Crippen molar-refractivity contribution in [2.24, 2.45) is 0 Å². The lowest BCUT2D eigenvalue weighted by atomic mass is 10.1. The Bertz CT molecular complexity index is 487. The summed E-state index contributed by atoms with van der Waals surface area (Å²) in [6.07, 6.45) is 0.848. The van der Waals surface area contributed by atoms with Crippen molar-refractivity contribution < 1.29 is 13.9 Å². The van der Waals surface area contributed by atoms with Crippen molar-refractivity contribution in [3.05, 3.63) is 35.9 Å². The van der Waals surface area contributed by atoms with E-state index in [-0.39, 0.29) is 23.5 Å². The van der Waals surface area contributed by atoms with Crippen molar-refractivity contribution in [1.29, 1.82) is 0 Å². The number of alkyl halides is 1. The van der Waals surface area contributed by atoms with E-state index in [1.165, 1.54) is 0 Å². The average molecular weight is 448 g/mol. The zero-order valence-corrected chi connectivity index (χ0v) is 18.0. The van der Waals surface area contributed by atoms with Crippen molar-refractivity contribution >= 4 is 30.9 Å². The molecule has 1 aromatic rings. The molecule has 1 saturated heterocycles. The van der Waals surface area contributed by atoms with Gasteiger partial charge in [-0.25, -0.2) is 0 Å². The van der Waals surface area contributed by atoms with Crippen LogP contribution in [0, 0.1) is 0 Å². The molecule has 23 heavy (non-hydrogen) atoms. The first kappa shape index (κ1) is 19.4. The van der Waals surface area contributed by atoms with Crippen LogP contribution in [0.15, 0.2) is 30.3 Å². The summed E-state index contributed by atoms with van der Waals surface area (Å²) in [6, 6.07) is 10.2. The Hall–Kier alpha value is 0.0469. The summed E-state index contributed by atoms with van der Waals surface area (Å²) in [7, 11) is -1.83. The first-order valence-corrected chi connectivity index (χ1v) is 12.7. The van der Waals surface area contributed by atoms with Crippen molar-refractivity contribution in [3.63, 3.8) is 0 Å². The van der Waals surface area contributed by atoms with Crippen LogP contribution in [-0.4, -0.2) is 31.6 Å². The molecule has 0 aliphatic carbocycles. The monoisotopic (exact) mass is 448 g/mol. The molecule has 5 heteroatoms. The number of hydrogen-bond acceptors (Lipinski definition) is 3. The van der Waals surface area contributed by atoms with E-state index in [4.69, 9.17) is 13.9 Å². The number of benzene rings is 1. The highest BCUT2D eigenvalue weighted by Crippen LogP contribution is 2.39. The molecule has 0 amide bonds. The minimum absolute atomic E-state index is 0.0330. The third-order valence-electron chi connectivity index (χ3n) is 4.84. The molecule has 0 bridgehead atoms. The summed E-state index contributed by atoms with van der Waals surface area (Å²) in [5.41, 5.74) is 1.08. The van der Waals surface area contributed by atoms with Crippen LogP contribution >= 0.6 is 22.6 Å². The van der Waals surface area contributed by atoms with Crippen LogP contribution in [0.5, 0.6) is 0 Å². The number of hydrogen-bond donors (Lipinski definition) is 0. The standard InChI is InChI=1S/C18H29IO3Si/c1-18(2,3)23(4,5)22-16-13-20-17(21-15(16)11-12-19)14-9-7-6-8-10-14/h6-10,15-17H,11-13H2,1-5H3/t15-,16+,17+/m0/s1. The molecule has 0 spiro atoms. The molecule has 3 atom stereocenters. The molecule has 3 nitrogen and oxygen atoms in total. The Balaban J connectivity index is 2.08. The van der Waals surface area contributed by atoms with Crippen LogP contribution in [-0.2, 0) is 13.9 Å². The van der Waals surface area contributed by atoms with Crippen LogP contribution < -0.4 is 0 Å². The molecule has 0 radical (unpaired) electrons. The van der Waals surface area contributed by atoms with Gasteiger partial charge >= 0.3 is 0 Å². The van der Waals surface area contributed by atoms with E-state index in [2.05, 4.69) is 68.6 Å². The molecular formula is C18H29IO3Si. The molecule has 1 aliphatic heterocycles. The average Bonchev–Trinajstić information content (AvgIpc) is 2.49. The summed E-state index contributed by atoms with van der Waals surface area (Å²) in [5.74, 6) is 0. The van der Waals surface area contributed by atoms with Crippen LogP contribution in [0.3, 0.4) is 0 Å². The fraction of sp³-hybridized carbons (Fsp3) is 0.667. The van der Waals surface area contributed by atoms with Gasteiger partial charge in [0.2, 0.25) is 0 Å². The Kier molecular flexibility index (Phi) is 6.70. The predicted molar refractivity (Wildman–Crippen MR) is 106 cm³/mol. The second kappa shape index (κ2) is 7.95. The van der Waals surface area contributed by atoms with Gasteiger partial charge in [0.15, 0.2) is 14.6 Å². The molecule has 0 aromatic heterocycles. The molecule has 0 unspecified atom stereocenters. The van der Waals surface area contributed by atoms with E-state index >= 15 is 0 Å². The van der Waals surface area contributed by atoms with Gasteiger partial charge in [0, 0.05) is 9.99 Å². The predicted octanol–water partition coefficient (Wildman–Crippen LogP) is 5.32. The van der Waals surface area contributed by atoms with Gasteiger partial charge < -0.3 is 13.9 Å². The molecule has 130 valence electrons. The van der Waals surface area contributed by atoms with Crippen LogP contribution in [0.1, 0.15) is 39.0 Å². The second-order valence-corrected chi connectivity index (χ2v) is 13.5. The number of ether oxygens (including phenoxy) is 2.